The highest BCUT2D eigenvalue weighted by Gasteiger charge is 2.08. The van der Waals surface area contributed by atoms with Crippen molar-refractivity contribution in [3.8, 4) is 11.4 Å². The molecular weight excluding hydrogens is 222 g/mol. The van der Waals surface area contributed by atoms with Crippen LogP contribution in [-0.2, 0) is 6.54 Å². The van der Waals surface area contributed by atoms with E-state index in [2.05, 4.69) is 66.7 Å². The van der Waals surface area contributed by atoms with Gasteiger partial charge in [-0.3, -0.25) is 0 Å². The molecule has 3 heteroatoms. The summed E-state index contributed by atoms with van der Waals surface area (Å²) in [7, 11) is 0. The van der Waals surface area contributed by atoms with Crippen LogP contribution in [0.15, 0.2) is 30.6 Å². The average Bonchev–Trinajstić information content (AvgIpc) is 2.76. The first kappa shape index (κ1) is 12.8. The van der Waals surface area contributed by atoms with Crippen molar-refractivity contribution in [1.29, 1.82) is 0 Å². The van der Waals surface area contributed by atoms with Crippen LogP contribution in [0.2, 0.25) is 0 Å². The molecule has 0 radical (unpaired) electrons. The fourth-order valence-electron chi connectivity index (χ4n) is 2.02. The normalized spacial score (nSPS) is 11.4. The zero-order valence-electron chi connectivity index (χ0n) is 11.6. The molecule has 0 saturated carbocycles. The Morgan fingerprint density at radius 3 is 2.28 bits per heavy atom. The van der Waals surface area contributed by atoms with E-state index in [9.17, 15) is 0 Å². The van der Waals surface area contributed by atoms with Crippen LogP contribution in [0.3, 0.4) is 0 Å². The topological polar surface area (TPSA) is 30.7 Å². The van der Waals surface area contributed by atoms with Crippen molar-refractivity contribution in [2.24, 2.45) is 5.92 Å². The molecule has 1 aromatic heterocycles. The third-order valence-corrected chi connectivity index (χ3v) is 3.01. The van der Waals surface area contributed by atoms with Crippen molar-refractivity contribution in [2.75, 3.05) is 0 Å². The lowest BCUT2D eigenvalue weighted by atomic mass is 10.0. The first-order valence-electron chi connectivity index (χ1n) is 6.56. The van der Waals surface area contributed by atoms with Gasteiger partial charge in [0.2, 0.25) is 0 Å². The predicted octanol–water partition coefficient (Wildman–Crippen LogP) is 3.72. The van der Waals surface area contributed by atoms with Gasteiger partial charge in [0.05, 0.1) is 0 Å². The van der Waals surface area contributed by atoms with Crippen LogP contribution < -0.4 is 0 Å². The van der Waals surface area contributed by atoms with E-state index in [0.29, 0.717) is 11.8 Å². The van der Waals surface area contributed by atoms with Crippen LogP contribution in [0.4, 0.5) is 0 Å². The van der Waals surface area contributed by atoms with Gasteiger partial charge in [-0.15, -0.1) is 10.2 Å². The number of aromatic nitrogens is 3. The fraction of sp³-hybridized carbons (Fsp3) is 0.467. The van der Waals surface area contributed by atoms with Gasteiger partial charge in [0.1, 0.15) is 6.33 Å². The van der Waals surface area contributed by atoms with Crippen LogP contribution in [-0.4, -0.2) is 14.8 Å². The summed E-state index contributed by atoms with van der Waals surface area (Å²) >= 11 is 0. The Labute approximate surface area is 109 Å². The molecule has 2 aromatic rings. The minimum atomic E-state index is 0.563. The molecule has 18 heavy (non-hydrogen) atoms. The maximum atomic E-state index is 4.23. The van der Waals surface area contributed by atoms with Crippen molar-refractivity contribution in [3.63, 3.8) is 0 Å². The van der Waals surface area contributed by atoms with E-state index in [-0.39, 0.29) is 0 Å². The molecule has 0 spiro atoms. The number of nitrogens with zero attached hydrogens (tertiary/aromatic N) is 3. The second kappa shape index (κ2) is 5.34. The summed E-state index contributed by atoms with van der Waals surface area (Å²) in [4.78, 5) is 0. The van der Waals surface area contributed by atoms with Gasteiger partial charge in [-0.1, -0.05) is 52.0 Å². The summed E-state index contributed by atoms with van der Waals surface area (Å²) in [6, 6.07) is 8.62. The molecule has 0 fully saturated rings. The fourth-order valence-corrected chi connectivity index (χ4v) is 2.02. The third kappa shape index (κ3) is 2.78. The summed E-state index contributed by atoms with van der Waals surface area (Å²) in [6.45, 7) is 9.76. The Morgan fingerprint density at radius 1 is 1.06 bits per heavy atom. The molecule has 0 amide bonds. The van der Waals surface area contributed by atoms with Gasteiger partial charge in [-0.2, -0.15) is 0 Å². The van der Waals surface area contributed by atoms with Crippen LogP contribution in [0, 0.1) is 5.92 Å². The van der Waals surface area contributed by atoms with Crippen LogP contribution in [0.1, 0.15) is 39.2 Å². The average molecular weight is 243 g/mol. The maximum absolute atomic E-state index is 4.23. The van der Waals surface area contributed by atoms with Crippen molar-refractivity contribution in [1.82, 2.24) is 14.8 Å². The Bertz CT molecular complexity index is 495. The van der Waals surface area contributed by atoms with E-state index >= 15 is 0 Å². The SMILES string of the molecule is CC(C)Cn1cnnc1-c1ccc(C(C)C)cc1. The van der Waals surface area contributed by atoms with Crippen LogP contribution in [0.25, 0.3) is 11.4 Å². The van der Waals surface area contributed by atoms with Gasteiger partial charge in [-0.25, -0.2) is 0 Å². The van der Waals surface area contributed by atoms with Crippen LogP contribution >= 0.6 is 0 Å². The van der Waals surface area contributed by atoms with Gasteiger partial charge >= 0.3 is 0 Å². The molecule has 1 aromatic carbocycles. The molecule has 96 valence electrons. The standard InChI is InChI=1S/C15H21N3/c1-11(2)9-18-10-16-17-15(18)14-7-5-13(6-8-14)12(3)4/h5-8,10-12H,9H2,1-4H3. The van der Waals surface area contributed by atoms with E-state index in [1.807, 2.05) is 6.33 Å². The Balaban J connectivity index is 2.28. The second-order valence-electron chi connectivity index (χ2n) is 5.48. The highest BCUT2D eigenvalue weighted by molar-refractivity contribution is 5.55. The monoisotopic (exact) mass is 243 g/mol. The Morgan fingerprint density at radius 2 is 1.72 bits per heavy atom. The molecule has 3 nitrogen and oxygen atoms in total. The summed E-state index contributed by atoms with van der Waals surface area (Å²) < 4.78 is 2.12. The predicted molar refractivity (Wildman–Crippen MR) is 74.4 cm³/mol. The second-order valence-corrected chi connectivity index (χ2v) is 5.48. The first-order valence-corrected chi connectivity index (χ1v) is 6.56. The molecule has 2 rings (SSSR count). The molecule has 0 atom stereocenters. The molecule has 0 unspecified atom stereocenters. The van der Waals surface area contributed by atoms with Gasteiger partial charge in [0.15, 0.2) is 5.82 Å². The third-order valence-electron chi connectivity index (χ3n) is 3.01. The molecule has 0 aliphatic heterocycles. The summed E-state index contributed by atoms with van der Waals surface area (Å²) in [6.07, 6.45) is 1.81. The summed E-state index contributed by atoms with van der Waals surface area (Å²) in [5, 5.41) is 8.25. The van der Waals surface area contributed by atoms with Crippen molar-refractivity contribution in [2.45, 2.75) is 40.2 Å². The van der Waals surface area contributed by atoms with Gasteiger partial charge in [0.25, 0.3) is 0 Å². The lowest BCUT2D eigenvalue weighted by Crippen LogP contribution is -2.05. The van der Waals surface area contributed by atoms with Gasteiger partial charge in [-0.05, 0) is 17.4 Å². The summed E-state index contributed by atoms with van der Waals surface area (Å²) in [5.41, 5.74) is 2.49. The molecular formula is C15H21N3. The number of rotatable bonds is 4. The minimum Gasteiger partial charge on any atom is -0.313 e. The number of benzene rings is 1. The van der Waals surface area contributed by atoms with E-state index < -0.39 is 0 Å². The van der Waals surface area contributed by atoms with Gasteiger partial charge in [0, 0.05) is 12.1 Å². The molecule has 0 N–H and O–H groups in total. The molecule has 0 aliphatic rings. The van der Waals surface area contributed by atoms with Gasteiger partial charge < -0.3 is 4.57 Å². The molecule has 0 saturated heterocycles. The lowest BCUT2D eigenvalue weighted by molar-refractivity contribution is 0.525. The smallest absolute Gasteiger partial charge is 0.163 e. The zero-order valence-corrected chi connectivity index (χ0v) is 11.6. The lowest BCUT2D eigenvalue weighted by Gasteiger charge is -2.10. The molecule has 1 heterocycles. The highest BCUT2D eigenvalue weighted by Crippen LogP contribution is 2.21. The van der Waals surface area contributed by atoms with Crippen LogP contribution in [0.5, 0.6) is 0 Å². The zero-order chi connectivity index (χ0) is 13.1. The van der Waals surface area contributed by atoms with E-state index in [1.165, 1.54) is 5.56 Å². The maximum Gasteiger partial charge on any atom is 0.163 e. The molecule has 0 aliphatic carbocycles. The molecule has 0 bridgehead atoms. The first-order chi connectivity index (χ1) is 8.58. The minimum absolute atomic E-state index is 0.563. The van der Waals surface area contributed by atoms with E-state index in [0.717, 1.165) is 17.9 Å². The highest BCUT2D eigenvalue weighted by atomic mass is 15.3. The largest absolute Gasteiger partial charge is 0.313 e. The van der Waals surface area contributed by atoms with Crippen molar-refractivity contribution in [3.05, 3.63) is 36.2 Å². The Hall–Kier alpha value is -1.64. The summed E-state index contributed by atoms with van der Waals surface area (Å²) in [5.74, 6) is 2.11. The number of hydrogen-bond acceptors (Lipinski definition) is 2. The number of hydrogen-bond donors (Lipinski definition) is 0. The van der Waals surface area contributed by atoms with Crippen molar-refractivity contribution >= 4 is 0 Å². The van der Waals surface area contributed by atoms with E-state index in [4.69, 9.17) is 0 Å². The quantitative estimate of drug-likeness (QED) is 0.819. The van der Waals surface area contributed by atoms with E-state index in [1.54, 1.807) is 0 Å². The van der Waals surface area contributed by atoms with Crippen molar-refractivity contribution < 1.29 is 0 Å². The Kier molecular flexibility index (Phi) is 3.80.